The molecule has 44 heavy (non-hydrogen) atoms. The number of amides is 2. The molecule has 4 aromatic rings. The maximum absolute atomic E-state index is 14.4. The van der Waals surface area contributed by atoms with E-state index in [4.69, 9.17) is 4.74 Å². The van der Waals surface area contributed by atoms with Crippen molar-refractivity contribution >= 4 is 27.5 Å². The maximum atomic E-state index is 14.4. The van der Waals surface area contributed by atoms with Crippen molar-refractivity contribution in [3.63, 3.8) is 0 Å². The molecule has 4 rings (SSSR count). The summed E-state index contributed by atoms with van der Waals surface area (Å²) in [5, 5.41) is 2.88. The number of likely N-dealkylation sites (N-methyl/N-ethyl adjacent to an activating group) is 1. The van der Waals surface area contributed by atoms with Crippen LogP contribution in [-0.4, -0.2) is 51.4 Å². The van der Waals surface area contributed by atoms with E-state index in [-0.39, 0.29) is 23.8 Å². The van der Waals surface area contributed by atoms with Gasteiger partial charge in [0.2, 0.25) is 11.8 Å². The average Bonchev–Trinajstić information content (AvgIpc) is 3.03. The number of hydrogen-bond acceptors (Lipinski definition) is 5. The molecular weight excluding hydrogens is 574 g/mol. The lowest BCUT2D eigenvalue weighted by molar-refractivity contribution is -0.140. The molecule has 0 spiro atoms. The zero-order valence-electron chi connectivity index (χ0n) is 25.6. The Labute approximate surface area is 260 Å². The molecule has 0 fully saturated rings. The van der Waals surface area contributed by atoms with E-state index in [1.165, 1.54) is 24.1 Å². The van der Waals surface area contributed by atoms with Crippen LogP contribution in [0.3, 0.4) is 0 Å². The number of carbonyl (C=O) groups excluding carboxylic acids is 2. The molecule has 9 heteroatoms. The number of rotatable bonds is 13. The van der Waals surface area contributed by atoms with Gasteiger partial charge in [0, 0.05) is 19.5 Å². The van der Waals surface area contributed by atoms with Crippen molar-refractivity contribution in [2.24, 2.45) is 0 Å². The number of carbonyl (C=O) groups is 2. The Hall–Kier alpha value is -4.63. The van der Waals surface area contributed by atoms with E-state index in [1.54, 1.807) is 36.4 Å². The van der Waals surface area contributed by atoms with Crippen LogP contribution in [0.1, 0.15) is 29.2 Å². The van der Waals surface area contributed by atoms with Gasteiger partial charge < -0.3 is 15.0 Å². The Kier molecular flexibility index (Phi) is 10.8. The van der Waals surface area contributed by atoms with Gasteiger partial charge in [-0.2, -0.15) is 0 Å². The molecule has 0 saturated heterocycles. The largest absolute Gasteiger partial charge is 0.497 e. The molecule has 0 bridgehead atoms. The van der Waals surface area contributed by atoms with Crippen molar-refractivity contribution in [1.82, 2.24) is 10.2 Å². The molecule has 8 nitrogen and oxygen atoms in total. The SMILES string of the molecule is CCNC(=O)C(Cc1ccccc1)N(Cc1ccc(C)cc1)C(=O)CN(c1ccc(OC)cc1)S(=O)(=O)c1ccc(C)cc1. The van der Waals surface area contributed by atoms with E-state index in [9.17, 15) is 18.0 Å². The number of nitrogens with zero attached hydrogens (tertiary/aromatic N) is 2. The Morgan fingerprint density at radius 1 is 0.795 bits per heavy atom. The number of ether oxygens (including phenoxy) is 1. The summed E-state index contributed by atoms with van der Waals surface area (Å²) < 4.78 is 34.6. The third kappa shape index (κ3) is 8.05. The second-order valence-electron chi connectivity index (χ2n) is 10.6. The Bertz CT molecular complexity index is 1640. The fraction of sp³-hybridized carbons (Fsp3) is 0.257. The van der Waals surface area contributed by atoms with Gasteiger partial charge in [-0.3, -0.25) is 13.9 Å². The number of aryl methyl sites for hydroxylation is 2. The zero-order chi connectivity index (χ0) is 31.7. The van der Waals surface area contributed by atoms with Crippen molar-refractivity contribution < 1.29 is 22.7 Å². The summed E-state index contributed by atoms with van der Waals surface area (Å²) in [6.07, 6.45) is 0.261. The van der Waals surface area contributed by atoms with Gasteiger partial charge in [0.05, 0.1) is 17.7 Å². The summed E-state index contributed by atoms with van der Waals surface area (Å²) in [5.74, 6) is -0.272. The maximum Gasteiger partial charge on any atom is 0.264 e. The Morgan fingerprint density at radius 2 is 1.39 bits per heavy atom. The smallest absolute Gasteiger partial charge is 0.264 e. The summed E-state index contributed by atoms with van der Waals surface area (Å²) in [6.45, 7) is 5.66. The van der Waals surface area contributed by atoms with Gasteiger partial charge in [-0.15, -0.1) is 0 Å². The number of methoxy groups -OCH3 is 1. The normalized spacial score (nSPS) is 11.8. The van der Waals surface area contributed by atoms with Crippen LogP contribution in [0.5, 0.6) is 5.75 Å². The molecule has 0 aromatic heterocycles. The zero-order valence-corrected chi connectivity index (χ0v) is 26.4. The third-order valence-electron chi connectivity index (χ3n) is 7.34. The first kappa shape index (κ1) is 32.3. The van der Waals surface area contributed by atoms with Crippen LogP contribution in [0.25, 0.3) is 0 Å². The van der Waals surface area contributed by atoms with Crippen molar-refractivity contribution in [3.05, 3.63) is 125 Å². The summed E-state index contributed by atoms with van der Waals surface area (Å²) >= 11 is 0. The van der Waals surface area contributed by atoms with Gasteiger partial charge in [0.25, 0.3) is 10.0 Å². The summed E-state index contributed by atoms with van der Waals surface area (Å²) in [4.78, 5) is 29.5. The summed E-state index contributed by atoms with van der Waals surface area (Å²) in [5.41, 5.74) is 3.97. The molecule has 0 radical (unpaired) electrons. The van der Waals surface area contributed by atoms with Crippen molar-refractivity contribution in [1.29, 1.82) is 0 Å². The molecule has 1 unspecified atom stereocenters. The predicted molar refractivity (Wildman–Crippen MR) is 173 cm³/mol. The fourth-order valence-corrected chi connectivity index (χ4v) is 6.27. The monoisotopic (exact) mass is 613 g/mol. The first-order chi connectivity index (χ1) is 21.1. The van der Waals surface area contributed by atoms with Gasteiger partial charge >= 0.3 is 0 Å². The molecule has 230 valence electrons. The molecule has 0 aliphatic carbocycles. The highest BCUT2D eigenvalue weighted by Gasteiger charge is 2.34. The standard InChI is InChI=1S/C35H39N3O5S/c1-5-36-35(40)33(23-28-9-7-6-8-10-28)37(24-29-15-11-26(2)12-16-29)34(39)25-38(30-17-19-31(43-4)20-18-30)44(41,42)32-21-13-27(3)14-22-32/h6-22,33H,5,23-25H2,1-4H3,(H,36,40). The van der Waals surface area contributed by atoms with Crippen LogP contribution in [-0.2, 0) is 32.6 Å². The van der Waals surface area contributed by atoms with Crippen molar-refractivity contribution in [3.8, 4) is 5.75 Å². The van der Waals surface area contributed by atoms with Crippen LogP contribution < -0.4 is 14.4 Å². The molecule has 4 aromatic carbocycles. The topological polar surface area (TPSA) is 96.0 Å². The number of anilines is 1. The highest BCUT2D eigenvalue weighted by Crippen LogP contribution is 2.27. The first-order valence-electron chi connectivity index (χ1n) is 14.5. The minimum absolute atomic E-state index is 0.0568. The van der Waals surface area contributed by atoms with Crippen molar-refractivity contribution in [2.75, 3.05) is 24.5 Å². The lowest BCUT2D eigenvalue weighted by Crippen LogP contribution is -2.53. The van der Waals surface area contributed by atoms with Gasteiger partial charge in [-0.1, -0.05) is 77.9 Å². The van der Waals surface area contributed by atoms with E-state index in [2.05, 4.69) is 5.32 Å². The number of benzene rings is 4. The van der Waals surface area contributed by atoms with Crippen LogP contribution >= 0.6 is 0 Å². The predicted octanol–water partition coefficient (Wildman–Crippen LogP) is 5.28. The molecule has 1 N–H and O–H groups in total. The molecule has 1 atom stereocenters. The van der Waals surface area contributed by atoms with E-state index >= 15 is 0 Å². The van der Waals surface area contributed by atoms with Crippen molar-refractivity contribution in [2.45, 2.75) is 44.7 Å². The molecule has 0 heterocycles. The second-order valence-corrected chi connectivity index (χ2v) is 12.5. The number of nitrogens with one attached hydrogen (secondary N) is 1. The molecule has 0 aliphatic heterocycles. The lowest BCUT2D eigenvalue weighted by atomic mass is 10.0. The minimum Gasteiger partial charge on any atom is -0.497 e. The van der Waals surface area contributed by atoms with Gasteiger partial charge in [0.15, 0.2) is 0 Å². The van der Waals surface area contributed by atoms with E-state index < -0.39 is 28.5 Å². The molecule has 0 aliphatic rings. The fourth-order valence-electron chi connectivity index (χ4n) is 4.85. The third-order valence-corrected chi connectivity index (χ3v) is 9.13. The lowest BCUT2D eigenvalue weighted by Gasteiger charge is -2.34. The summed E-state index contributed by atoms with van der Waals surface area (Å²) in [6, 6.07) is 29.3. The van der Waals surface area contributed by atoms with Crippen LogP contribution in [0.4, 0.5) is 5.69 Å². The minimum atomic E-state index is -4.17. The van der Waals surface area contributed by atoms with Crippen LogP contribution in [0.2, 0.25) is 0 Å². The van der Waals surface area contributed by atoms with E-state index in [1.807, 2.05) is 75.4 Å². The Balaban J connectivity index is 1.79. The van der Waals surface area contributed by atoms with Crippen LogP contribution in [0.15, 0.2) is 108 Å². The average molecular weight is 614 g/mol. The molecular formula is C35H39N3O5S. The highest BCUT2D eigenvalue weighted by molar-refractivity contribution is 7.92. The first-order valence-corrected chi connectivity index (χ1v) is 16.0. The van der Waals surface area contributed by atoms with Gasteiger partial charge in [-0.05, 0) is 68.3 Å². The second kappa shape index (κ2) is 14.7. The summed E-state index contributed by atoms with van der Waals surface area (Å²) in [7, 11) is -2.64. The van der Waals surface area contributed by atoms with Gasteiger partial charge in [-0.25, -0.2) is 8.42 Å². The Morgan fingerprint density at radius 3 is 1.95 bits per heavy atom. The van der Waals surface area contributed by atoms with E-state index in [0.717, 1.165) is 26.6 Å². The quantitative estimate of drug-likeness (QED) is 0.221. The number of sulfonamides is 1. The van der Waals surface area contributed by atoms with Gasteiger partial charge in [0.1, 0.15) is 18.3 Å². The highest BCUT2D eigenvalue weighted by atomic mass is 32.2. The van der Waals surface area contributed by atoms with Crippen LogP contribution in [0, 0.1) is 13.8 Å². The van der Waals surface area contributed by atoms with E-state index in [0.29, 0.717) is 18.0 Å². The molecule has 0 saturated carbocycles. The number of hydrogen-bond donors (Lipinski definition) is 1. The molecule has 2 amide bonds.